The molecule has 2 aromatic carbocycles. The minimum Gasteiger partial charge on any atom is -0.354 e. The number of sulfonamides is 1. The van der Waals surface area contributed by atoms with E-state index in [0.717, 1.165) is 52.7 Å². The lowest BCUT2D eigenvalue weighted by molar-refractivity contribution is -0.140. The van der Waals surface area contributed by atoms with Crippen LogP contribution in [0.1, 0.15) is 56.2 Å². The van der Waals surface area contributed by atoms with Gasteiger partial charge in [0.05, 0.1) is 17.5 Å². The van der Waals surface area contributed by atoms with Gasteiger partial charge in [0.25, 0.3) is 0 Å². The summed E-state index contributed by atoms with van der Waals surface area (Å²) in [5.74, 6) is -0.647. The minimum absolute atomic E-state index is 0.0522. The fourth-order valence-electron chi connectivity index (χ4n) is 3.93. The van der Waals surface area contributed by atoms with Crippen LogP contribution in [0.15, 0.2) is 48.5 Å². The average molecular weight is 556 g/mol. The molecule has 0 fully saturated rings. The number of amides is 2. The topological polar surface area (TPSA) is 86.8 Å². The van der Waals surface area contributed by atoms with Crippen molar-refractivity contribution in [1.82, 2.24) is 10.2 Å². The number of alkyl halides is 3. The third-order valence-electron chi connectivity index (χ3n) is 6.21. The van der Waals surface area contributed by atoms with Gasteiger partial charge in [-0.3, -0.25) is 13.9 Å². The number of unbranched alkanes of at least 4 members (excludes halogenated alkanes) is 1. The van der Waals surface area contributed by atoms with Crippen molar-refractivity contribution in [2.75, 3.05) is 23.7 Å². The molecule has 38 heavy (non-hydrogen) atoms. The average Bonchev–Trinajstić information content (AvgIpc) is 2.84. The number of carbonyl (C=O) groups excluding carboxylic acids is 2. The molecule has 0 unspecified atom stereocenters. The van der Waals surface area contributed by atoms with Crippen molar-refractivity contribution in [3.8, 4) is 0 Å². The van der Waals surface area contributed by atoms with E-state index < -0.39 is 27.8 Å². The molecule has 0 aromatic heterocycles. The Labute approximate surface area is 223 Å². The molecule has 7 nitrogen and oxygen atoms in total. The zero-order chi connectivity index (χ0) is 28.5. The third-order valence-corrected chi connectivity index (χ3v) is 7.41. The highest BCUT2D eigenvalue weighted by atomic mass is 32.2. The highest BCUT2D eigenvalue weighted by molar-refractivity contribution is 7.92. The fourth-order valence-corrected chi connectivity index (χ4v) is 4.89. The number of benzene rings is 2. The Hall–Kier alpha value is -3.08. The molecule has 11 heteroatoms. The Kier molecular flexibility index (Phi) is 11.2. The quantitative estimate of drug-likeness (QED) is 0.357. The predicted molar refractivity (Wildman–Crippen MR) is 142 cm³/mol. The summed E-state index contributed by atoms with van der Waals surface area (Å²) in [6.07, 6.45) is -2.05. The first-order valence-corrected chi connectivity index (χ1v) is 14.4. The number of aryl methyl sites for hydroxylation is 1. The molecule has 210 valence electrons. The third kappa shape index (κ3) is 9.04. The summed E-state index contributed by atoms with van der Waals surface area (Å²) in [4.78, 5) is 27.5. The van der Waals surface area contributed by atoms with E-state index in [1.54, 1.807) is 6.92 Å². The van der Waals surface area contributed by atoms with E-state index >= 15 is 0 Å². The molecule has 0 spiro atoms. The summed E-state index contributed by atoms with van der Waals surface area (Å²) in [5.41, 5.74) is 0.731. The largest absolute Gasteiger partial charge is 0.416 e. The minimum atomic E-state index is -4.63. The molecule has 0 saturated heterocycles. The van der Waals surface area contributed by atoms with Gasteiger partial charge in [0.1, 0.15) is 6.04 Å². The number of nitrogens with zero attached hydrogens (tertiary/aromatic N) is 2. The van der Waals surface area contributed by atoms with Crippen molar-refractivity contribution in [3.05, 3.63) is 65.2 Å². The second-order valence-corrected chi connectivity index (χ2v) is 11.2. The van der Waals surface area contributed by atoms with Gasteiger partial charge in [0.15, 0.2) is 0 Å². The Morgan fingerprint density at radius 2 is 1.74 bits per heavy atom. The van der Waals surface area contributed by atoms with Crippen molar-refractivity contribution in [2.24, 2.45) is 0 Å². The number of hydrogen-bond acceptors (Lipinski definition) is 4. The fraction of sp³-hybridized carbons (Fsp3) is 0.481. The van der Waals surface area contributed by atoms with Gasteiger partial charge >= 0.3 is 6.18 Å². The van der Waals surface area contributed by atoms with E-state index in [1.807, 2.05) is 38.1 Å². The maximum absolute atomic E-state index is 13.3. The Balaban J connectivity index is 2.20. The van der Waals surface area contributed by atoms with E-state index in [1.165, 1.54) is 11.0 Å². The lowest BCUT2D eigenvalue weighted by Crippen LogP contribution is -2.48. The molecule has 2 amide bonds. The van der Waals surface area contributed by atoms with E-state index in [2.05, 4.69) is 5.32 Å². The van der Waals surface area contributed by atoms with Gasteiger partial charge in [-0.25, -0.2) is 8.42 Å². The first-order valence-electron chi connectivity index (χ1n) is 12.5. The number of rotatable bonds is 13. The molecule has 2 rings (SSSR count). The summed E-state index contributed by atoms with van der Waals surface area (Å²) in [7, 11) is -3.92. The molecule has 0 bridgehead atoms. The second kappa shape index (κ2) is 13.6. The Bertz CT molecular complexity index is 1200. The molecule has 2 aromatic rings. The van der Waals surface area contributed by atoms with Gasteiger partial charge in [-0.05, 0) is 56.0 Å². The van der Waals surface area contributed by atoms with E-state index in [-0.39, 0.29) is 43.4 Å². The van der Waals surface area contributed by atoms with Crippen molar-refractivity contribution >= 4 is 27.5 Å². The van der Waals surface area contributed by atoms with Crippen LogP contribution in [0.5, 0.6) is 0 Å². The highest BCUT2D eigenvalue weighted by Gasteiger charge is 2.32. The van der Waals surface area contributed by atoms with Crippen LogP contribution < -0.4 is 9.62 Å². The van der Waals surface area contributed by atoms with Crippen LogP contribution in [-0.4, -0.2) is 50.5 Å². The van der Waals surface area contributed by atoms with Crippen LogP contribution in [0.4, 0.5) is 18.9 Å². The van der Waals surface area contributed by atoms with Crippen molar-refractivity contribution in [1.29, 1.82) is 0 Å². The van der Waals surface area contributed by atoms with Gasteiger partial charge in [-0.2, -0.15) is 13.2 Å². The molecule has 0 aliphatic rings. The summed E-state index contributed by atoms with van der Waals surface area (Å²) in [6, 6.07) is 10.8. The van der Waals surface area contributed by atoms with Crippen LogP contribution in [-0.2, 0) is 32.3 Å². The smallest absolute Gasteiger partial charge is 0.354 e. The SMILES string of the molecule is CCCCNC(=O)[C@@H](C)N(Cc1ccccc1C)C(=O)CCCN(c1cccc(C(F)(F)F)c1)S(C)(=O)=O. The second-order valence-electron chi connectivity index (χ2n) is 9.26. The molecule has 0 heterocycles. The standard InChI is InChI=1S/C27H36F3N3O4S/c1-5-6-16-31-26(35)21(3)32(19-22-12-8-7-11-20(22)2)25(34)15-10-17-33(38(4,36)37)24-14-9-13-23(18-24)27(28,29)30/h7-9,11-14,18,21H,5-6,10,15-17,19H2,1-4H3,(H,31,35)/t21-/m1/s1. The molecule has 1 atom stereocenters. The molecular weight excluding hydrogens is 519 g/mol. The first kappa shape index (κ1) is 31.1. The molecule has 0 aliphatic carbocycles. The van der Waals surface area contributed by atoms with Crippen LogP contribution >= 0.6 is 0 Å². The van der Waals surface area contributed by atoms with Gasteiger partial charge in [-0.1, -0.05) is 43.7 Å². The van der Waals surface area contributed by atoms with Crippen LogP contribution in [0.25, 0.3) is 0 Å². The summed E-state index contributed by atoms with van der Waals surface area (Å²) in [5, 5.41) is 2.84. The number of hydrogen-bond donors (Lipinski definition) is 1. The maximum Gasteiger partial charge on any atom is 0.416 e. The van der Waals surface area contributed by atoms with Crippen molar-refractivity contribution < 1.29 is 31.2 Å². The molecule has 0 aliphatic heterocycles. The van der Waals surface area contributed by atoms with E-state index in [9.17, 15) is 31.2 Å². The molecule has 1 N–H and O–H groups in total. The molecule has 0 saturated carbocycles. The summed E-state index contributed by atoms with van der Waals surface area (Å²) < 4.78 is 65.2. The summed E-state index contributed by atoms with van der Waals surface area (Å²) >= 11 is 0. The zero-order valence-corrected chi connectivity index (χ0v) is 23.0. The van der Waals surface area contributed by atoms with Crippen molar-refractivity contribution in [2.45, 2.75) is 65.2 Å². The zero-order valence-electron chi connectivity index (χ0n) is 22.2. The Morgan fingerprint density at radius 1 is 1.05 bits per heavy atom. The lowest BCUT2D eigenvalue weighted by Gasteiger charge is -2.30. The van der Waals surface area contributed by atoms with E-state index in [0.29, 0.717) is 6.54 Å². The van der Waals surface area contributed by atoms with Gasteiger partial charge in [0.2, 0.25) is 21.8 Å². The predicted octanol–water partition coefficient (Wildman–Crippen LogP) is 4.89. The lowest BCUT2D eigenvalue weighted by atomic mass is 10.1. The van der Waals surface area contributed by atoms with Crippen LogP contribution in [0.2, 0.25) is 0 Å². The normalized spacial score (nSPS) is 12.6. The van der Waals surface area contributed by atoms with Crippen LogP contribution in [0.3, 0.4) is 0 Å². The van der Waals surface area contributed by atoms with Gasteiger partial charge < -0.3 is 10.2 Å². The van der Waals surface area contributed by atoms with Gasteiger partial charge in [0, 0.05) is 26.1 Å². The number of anilines is 1. The highest BCUT2D eigenvalue weighted by Crippen LogP contribution is 2.32. The van der Waals surface area contributed by atoms with Crippen LogP contribution in [0, 0.1) is 6.92 Å². The maximum atomic E-state index is 13.3. The number of carbonyl (C=O) groups is 2. The van der Waals surface area contributed by atoms with Gasteiger partial charge in [-0.15, -0.1) is 0 Å². The van der Waals surface area contributed by atoms with E-state index in [4.69, 9.17) is 0 Å². The monoisotopic (exact) mass is 555 g/mol. The Morgan fingerprint density at radius 3 is 2.34 bits per heavy atom. The summed E-state index contributed by atoms with van der Waals surface area (Å²) in [6.45, 7) is 6.04. The number of nitrogens with one attached hydrogen (secondary N) is 1. The number of halogens is 3. The molecule has 0 radical (unpaired) electrons. The first-order chi connectivity index (χ1) is 17.8. The van der Waals surface area contributed by atoms with Crippen molar-refractivity contribution in [3.63, 3.8) is 0 Å². The molecular formula is C27H36F3N3O4S.